The second kappa shape index (κ2) is 5.93. The van der Waals surface area contributed by atoms with Crippen molar-refractivity contribution >= 4 is 60.5 Å². The van der Waals surface area contributed by atoms with Crippen LogP contribution in [-0.2, 0) is 0 Å². The summed E-state index contributed by atoms with van der Waals surface area (Å²) in [5, 5.41) is 3.72. The molecule has 1 aromatic rings. The van der Waals surface area contributed by atoms with Crippen LogP contribution in [0.4, 0.5) is 0 Å². The molecule has 1 aliphatic rings. The summed E-state index contributed by atoms with van der Waals surface area (Å²) in [6.45, 7) is 1.03. The van der Waals surface area contributed by atoms with E-state index in [0.29, 0.717) is 5.02 Å². The first-order valence-corrected chi connectivity index (χ1v) is 8.67. The highest BCUT2D eigenvalue weighted by molar-refractivity contribution is 8.24. The number of thiocarbonyl (C=S) groups is 1. The molecular formula is C9H10ClNOS4. The van der Waals surface area contributed by atoms with Crippen LogP contribution in [0, 0.1) is 0 Å². The summed E-state index contributed by atoms with van der Waals surface area (Å²) < 4.78 is 1.68. The summed E-state index contributed by atoms with van der Waals surface area (Å²) in [5.41, 5.74) is 0. The highest BCUT2D eigenvalue weighted by Crippen LogP contribution is 2.34. The Morgan fingerprint density at radius 2 is 2.31 bits per heavy atom. The molecule has 1 aromatic heterocycles. The van der Waals surface area contributed by atoms with E-state index in [4.69, 9.17) is 23.8 Å². The summed E-state index contributed by atoms with van der Waals surface area (Å²) >= 11 is 12.7. The number of hydrogen-bond donors (Lipinski definition) is 1. The van der Waals surface area contributed by atoms with E-state index in [1.165, 1.54) is 45.3 Å². The Hall–Kier alpha value is 0.540. The van der Waals surface area contributed by atoms with Gasteiger partial charge in [-0.2, -0.15) is 0 Å². The van der Waals surface area contributed by atoms with Crippen LogP contribution in [-0.4, -0.2) is 16.8 Å². The molecule has 88 valence electrons. The van der Waals surface area contributed by atoms with Gasteiger partial charge < -0.3 is 5.32 Å². The highest BCUT2D eigenvalue weighted by atomic mass is 35.5. The van der Waals surface area contributed by atoms with Gasteiger partial charge in [-0.05, 0) is 29.7 Å². The lowest BCUT2D eigenvalue weighted by atomic mass is 10.1. The van der Waals surface area contributed by atoms with Crippen molar-refractivity contribution in [2.75, 3.05) is 6.54 Å². The van der Waals surface area contributed by atoms with Gasteiger partial charge in [0.1, 0.15) is 5.02 Å². The molecule has 0 spiro atoms. The molecule has 0 bridgehead atoms. The molecule has 1 fully saturated rings. The number of piperidine rings is 1. The lowest BCUT2D eigenvalue weighted by Gasteiger charge is -2.23. The maximum atomic E-state index is 11.2. The first kappa shape index (κ1) is 13.0. The van der Waals surface area contributed by atoms with E-state index in [2.05, 4.69) is 5.32 Å². The molecule has 0 amide bonds. The van der Waals surface area contributed by atoms with Crippen molar-refractivity contribution < 1.29 is 0 Å². The van der Waals surface area contributed by atoms with Crippen LogP contribution in [0.1, 0.15) is 19.3 Å². The fraction of sp³-hybridized carbons (Fsp3) is 0.556. The Bertz CT molecular complexity index is 435. The second-order valence-electron chi connectivity index (χ2n) is 3.48. The molecule has 0 aromatic carbocycles. The van der Waals surface area contributed by atoms with E-state index >= 15 is 0 Å². The first-order chi connectivity index (χ1) is 7.68. The van der Waals surface area contributed by atoms with E-state index in [1.54, 1.807) is 0 Å². The zero-order valence-corrected chi connectivity index (χ0v) is 12.3. The number of rotatable bonds is 2. The third kappa shape index (κ3) is 3.05. The molecule has 0 radical (unpaired) electrons. The molecule has 7 heteroatoms. The highest BCUT2D eigenvalue weighted by Gasteiger charge is 2.20. The Morgan fingerprint density at radius 1 is 1.50 bits per heavy atom. The van der Waals surface area contributed by atoms with E-state index in [-0.39, 0.29) is 10.8 Å². The van der Waals surface area contributed by atoms with Crippen LogP contribution < -0.4 is 10.1 Å². The Balaban J connectivity index is 2.01. The molecule has 2 nitrogen and oxygen atoms in total. The van der Waals surface area contributed by atoms with Crippen LogP contribution in [0.15, 0.2) is 9.00 Å². The van der Waals surface area contributed by atoms with Crippen LogP contribution in [0.25, 0.3) is 0 Å². The van der Waals surface area contributed by atoms with Crippen LogP contribution >= 0.6 is 56.3 Å². The fourth-order valence-electron chi connectivity index (χ4n) is 1.51. The maximum Gasteiger partial charge on any atom is 0.262 e. The molecule has 1 aliphatic heterocycles. The zero-order valence-electron chi connectivity index (χ0n) is 8.32. The minimum atomic E-state index is -0.0615. The van der Waals surface area contributed by atoms with Gasteiger partial charge in [0.15, 0.2) is 0 Å². The van der Waals surface area contributed by atoms with E-state index < -0.39 is 0 Å². The van der Waals surface area contributed by atoms with Crippen molar-refractivity contribution in [1.29, 1.82) is 0 Å². The van der Waals surface area contributed by atoms with Crippen molar-refractivity contribution in [3.63, 3.8) is 0 Å². The minimum Gasteiger partial charge on any atom is -0.309 e. The maximum absolute atomic E-state index is 11.2. The van der Waals surface area contributed by atoms with Gasteiger partial charge in [-0.25, -0.2) is 0 Å². The average molecular weight is 312 g/mol. The predicted molar refractivity (Wildman–Crippen MR) is 77.6 cm³/mol. The van der Waals surface area contributed by atoms with Crippen molar-refractivity contribution in [2.45, 2.75) is 29.5 Å². The second-order valence-corrected chi connectivity index (χ2v) is 7.98. The first-order valence-electron chi connectivity index (χ1n) is 4.92. The topological polar surface area (TPSA) is 29.1 Å². The average Bonchev–Trinajstić information content (AvgIpc) is 2.62. The quantitative estimate of drug-likeness (QED) is 0.515. The lowest BCUT2D eigenvalue weighted by Crippen LogP contribution is -2.38. The van der Waals surface area contributed by atoms with Gasteiger partial charge >= 0.3 is 0 Å². The molecule has 16 heavy (non-hydrogen) atoms. The third-order valence-corrected chi connectivity index (χ3v) is 7.26. The molecular weight excluding hydrogens is 302 g/mol. The normalized spacial score (nSPS) is 20.9. The number of thioether (sulfide) groups is 1. The minimum absolute atomic E-state index is 0.0615. The molecule has 1 unspecified atom stereocenters. The van der Waals surface area contributed by atoms with Crippen LogP contribution in [0.2, 0.25) is 5.02 Å². The summed E-state index contributed by atoms with van der Waals surface area (Å²) in [5.74, 6) is 0. The lowest BCUT2D eigenvalue weighted by molar-refractivity contribution is 0.477. The van der Waals surface area contributed by atoms with E-state index in [9.17, 15) is 4.79 Å². The van der Waals surface area contributed by atoms with Gasteiger partial charge in [0.2, 0.25) is 0 Å². The summed E-state index contributed by atoms with van der Waals surface area (Å²) in [4.78, 5) is 11.2. The SMILES string of the molecule is O=c1ssc(SC(=S)C2CCCCN2)c1Cl. The monoisotopic (exact) mass is 311 g/mol. The number of nitrogens with one attached hydrogen (secondary N) is 1. The van der Waals surface area contributed by atoms with Gasteiger partial charge in [-0.15, -0.1) is 0 Å². The van der Waals surface area contributed by atoms with Crippen molar-refractivity contribution in [2.24, 2.45) is 0 Å². The summed E-state index contributed by atoms with van der Waals surface area (Å²) in [7, 11) is 2.59. The van der Waals surface area contributed by atoms with Gasteiger partial charge in [0.25, 0.3) is 4.74 Å². The van der Waals surface area contributed by atoms with Crippen molar-refractivity contribution in [3.8, 4) is 0 Å². The molecule has 1 atom stereocenters. The van der Waals surface area contributed by atoms with Gasteiger partial charge in [-0.1, -0.05) is 52.3 Å². The molecule has 0 saturated carbocycles. The van der Waals surface area contributed by atoms with Gasteiger partial charge in [-0.3, -0.25) is 4.79 Å². The summed E-state index contributed by atoms with van der Waals surface area (Å²) in [6.07, 6.45) is 3.52. The van der Waals surface area contributed by atoms with Gasteiger partial charge in [0, 0.05) is 6.04 Å². The Kier molecular flexibility index (Phi) is 4.81. The smallest absolute Gasteiger partial charge is 0.262 e. The predicted octanol–water partition coefficient (Wildman–Crippen LogP) is 3.38. The Morgan fingerprint density at radius 3 is 2.88 bits per heavy atom. The largest absolute Gasteiger partial charge is 0.309 e. The number of hydrogen-bond acceptors (Lipinski definition) is 6. The summed E-state index contributed by atoms with van der Waals surface area (Å²) in [6, 6.07) is 0.284. The van der Waals surface area contributed by atoms with Gasteiger partial charge in [0.05, 0.1) is 8.41 Å². The zero-order chi connectivity index (χ0) is 11.5. The molecule has 2 rings (SSSR count). The van der Waals surface area contributed by atoms with E-state index in [1.807, 2.05) is 0 Å². The number of halogens is 1. The molecule has 1 saturated heterocycles. The van der Waals surface area contributed by atoms with Crippen molar-refractivity contribution in [3.05, 3.63) is 14.6 Å². The third-order valence-electron chi connectivity index (χ3n) is 2.34. The molecule has 2 heterocycles. The van der Waals surface area contributed by atoms with Crippen LogP contribution in [0.3, 0.4) is 0 Å². The fourth-order valence-corrected chi connectivity index (χ4v) is 6.04. The van der Waals surface area contributed by atoms with E-state index in [0.717, 1.165) is 21.4 Å². The van der Waals surface area contributed by atoms with Crippen LogP contribution in [0.5, 0.6) is 0 Å². The molecule has 1 N–H and O–H groups in total. The molecule has 0 aliphatic carbocycles. The Labute approximate surface area is 116 Å². The standard InChI is InChI=1S/C9H10ClNOS4/c10-6-7(12)15-16-9(6)14-8(13)5-3-1-2-4-11-5/h5,11H,1-4H2. The van der Waals surface area contributed by atoms with Crippen molar-refractivity contribution in [1.82, 2.24) is 5.32 Å².